The van der Waals surface area contributed by atoms with E-state index in [2.05, 4.69) is 15.3 Å². The third-order valence-corrected chi connectivity index (χ3v) is 5.64. The predicted molar refractivity (Wildman–Crippen MR) is 116 cm³/mol. The van der Waals surface area contributed by atoms with E-state index in [1.165, 1.54) is 0 Å². The van der Waals surface area contributed by atoms with E-state index in [0.29, 0.717) is 43.3 Å². The maximum atomic E-state index is 13.1. The second kappa shape index (κ2) is 8.33. The Morgan fingerprint density at radius 3 is 2.26 bits per heavy atom. The van der Waals surface area contributed by atoms with Crippen molar-refractivity contribution in [2.24, 2.45) is 0 Å². The van der Waals surface area contributed by atoms with Gasteiger partial charge in [-0.3, -0.25) is 19.3 Å². The van der Waals surface area contributed by atoms with Crippen LogP contribution >= 0.6 is 0 Å². The highest BCUT2D eigenvalue weighted by atomic mass is 16.2. The SMILES string of the molecule is CCNc1cc(C)nc(N2CCN(C(=O)C(C)N3C(=O)c4ccccc4C3=O)CC2)n1. The Labute approximate surface area is 181 Å². The molecule has 2 aliphatic rings. The molecule has 0 bridgehead atoms. The molecule has 4 rings (SSSR count). The number of benzene rings is 1. The van der Waals surface area contributed by atoms with Crippen LogP contribution in [0.15, 0.2) is 30.3 Å². The molecular formula is C22H26N6O3. The van der Waals surface area contributed by atoms with Crippen LogP contribution in [-0.4, -0.2) is 76.3 Å². The molecular weight excluding hydrogens is 396 g/mol. The Morgan fingerprint density at radius 1 is 1.06 bits per heavy atom. The zero-order valence-corrected chi connectivity index (χ0v) is 18.0. The first-order chi connectivity index (χ1) is 14.9. The normalized spacial score (nSPS) is 17.1. The minimum absolute atomic E-state index is 0.229. The van der Waals surface area contributed by atoms with Crippen molar-refractivity contribution in [2.75, 3.05) is 42.9 Å². The van der Waals surface area contributed by atoms with Crippen molar-refractivity contribution in [1.29, 1.82) is 0 Å². The number of rotatable bonds is 5. The average molecular weight is 422 g/mol. The molecule has 3 amide bonds. The number of piperazine rings is 1. The number of carbonyl (C=O) groups is 3. The van der Waals surface area contributed by atoms with Crippen LogP contribution in [0.3, 0.4) is 0 Å². The van der Waals surface area contributed by atoms with Gasteiger partial charge in [-0.2, -0.15) is 4.98 Å². The molecule has 9 heteroatoms. The third-order valence-electron chi connectivity index (χ3n) is 5.64. The fourth-order valence-electron chi connectivity index (χ4n) is 4.03. The Balaban J connectivity index is 1.42. The maximum absolute atomic E-state index is 13.1. The van der Waals surface area contributed by atoms with Gasteiger partial charge in [-0.25, -0.2) is 4.98 Å². The summed E-state index contributed by atoms with van der Waals surface area (Å²) in [5.41, 5.74) is 1.58. The number of amides is 3. The van der Waals surface area contributed by atoms with Gasteiger partial charge in [-0.15, -0.1) is 0 Å². The summed E-state index contributed by atoms with van der Waals surface area (Å²) >= 11 is 0. The van der Waals surface area contributed by atoms with Crippen molar-refractivity contribution in [3.63, 3.8) is 0 Å². The van der Waals surface area contributed by atoms with Gasteiger partial charge in [0.2, 0.25) is 11.9 Å². The van der Waals surface area contributed by atoms with Crippen LogP contribution in [0.2, 0.25) is 0 Å². The Bertz CT molecular complexity index is 997. The second-order valence-electron chi connectivity index (χ2n) is 7.74. The highest BCUT2D eigenvalue weighted by molar-refractivity contribution is 6.22. The molecule has 3 heterocycles. The first kappa shape index (κ1) is 20.8. The van der Waals surface area contributed by atoms with Crippen molar-refractivity contribution in [3.05, 3.63) is 47.2 Å². The van der Waals surface area contributed by atoms with Gasteiger partial charge < -0.3 is 15.1 Å². The Hall–Kier alpha value is -3.49. The van der Waals surface area contributed by atoms with E-state index < -0.39 is 17.9 Å². The predicted octanol–water partition coefficient (Wildman–Crippen LogP) is 1.55. The molecule has 1 atom stereocenters. The maximum Gasteiger partial charge on any atom is 0.262 e. The minimum atomic E-state index is -0.852. The standard InChI is InChI=1S/C22H26N6O3/c1-4-23-18-13-14(2)24-22(25-18)27-11-9-26(10-12-27)19(29)15(3)28-20(30)16-7-5-6-8-17(16)21(28)31/h5-8,13,15H,4,9-12H2,1-3H3,(H,23,24,25). The van der Waals surface area contributed by atoms with Crippen LogP contribution in [-0.2, 0) is 4.79 Å². The Morgan fingerprint density at radius 2 is 1.68 bits per heavy atom. The lowest BCUT2D eigenvalue weighted by Gasteiger charge is -2.37. The minimum Gasteiger partial charge on any atom is -0.370 e. The number of imide groups is 1. The number of nitrogens with one attached hydrogen (secondary N) is 1. The van der Waals surface area contributed by atoms with Crippen LogP contribution in [0, 0.1) is 6.92 Å². The fraction of sp³-hybridized carbons (Fsp3) is 0.409. The molecule has 9 nitrogen and oxygen atoms in total. The van der Waals surface area contributed by atoms with Crippen molar-refractivity contribution in [1.82, 2.24) is 19.8 Å². The summed E-state index contributed by atoms with van der Waals surface area (Å²) in [6.07, 6.45) is 0. The lowest BCUT2D eigenvalue weighted by atomic mass is 10.1. The first-order valence-electron chi connectivity index (χ1n) is 10.5. The number of carbonyl (C=O) groups excluding carboxylic acids is 3. The number of hydrogen-bond donors (Lipinski definition) is 1. The quantitative estimate of drug-likeness (QED) is 0.730. The molecule has 1 N–H and O–H groups in total. The van der Waals surface area contributed by atoms with Crippen molar-refractivity contribution in [2.45, 2.75) is 26.8 Å². The molecule has 162 valence electrons. The third kappa shape index (κ3) is 3.83. The monoisotopic (exact) mass is 422 g/mol. The highest BCUT2D eigenvalue weighted by Crippen LogP contribution is 2.25. The lowest BCUT2D eigenvalue weighted by Crippen LogP contribution is -2.55. The second-order valence-corrected chi connectivity index (χ2v) is 7.74. The van der Waals surface area contributed by atoms with E-state index in [0.717, 1.165) is 23.0 Å². The van der Waals surface area contributed by atoms with Gasteiger partial charge in [0, 0.05) is 44.5 Å². The molecule has 0 aliphatic carbocycles. The number of nitrogens with zero attached hydrogens (tertiary/aromatic N) is 5. The molecule has 1 aromatic heterocycles. The van der Waals surface area contributed by atoms with Crippen LogP contribution in [0.5, 0.6) is 0 Å². The zero-order chi connectivity index (χ0) is 22.1. The summed E-state index contributed by atoms with van der Waals surface area (Å²) in [5.74, 6) is 0.361. The smallest absolute Gasteiger partial charge is 0.262 e. The molecule has 31 heavy (non-hydrogen) atoms. The number of hydrogen-bond acceptors (Lipinski definition) is 7. The van der Waals surface area contributed by atoms with Gasteiger partial charge in [0.15, 0.2) is 0 Å². The molecule has 1 unspecified atom stereocenters. The number of aryl methyl sites for hydroxylation is 1. The van der Waals surface area contributed by atoms with Crippen molar-refractivity contribution < 1.29 is 14.4 Å². The summed E-state index contributed by atoms with van der Waals surface area (Å²) < 4.78 is 0. The van der Waals surface area contributed by atoms with E-state index in [9.17, 15) is 14.4 Å². The highest BCUT2D eigenvalue weighted by Gasteiger charge is 2.42. The van der Waals surface area contributed by atoms with Gasteiger partial charge in [0.05, 0.1) is 11.1 Å². The lowest BCUT2D eigenvalue weighted by molar-refractivity contribution is -0.135. The van der Waals surface area contributed by atoms with Crippen molar-refractivity contribution in [3.8, 4) is 0 Å². The molecule has 2 aliphatic heterocycles. The van der Waals surface area contributed by atoms with Crippen LogP contribution < -0.4 is 10.2 Å². The van der Waals surface area contributed by atoms with E-state index in [-0.39, 0.29) is 5.91 Å². The molecule has 1 saturated heterocycles. The largest absolute Gasteiger partial charge is 0.370 e. The Kier molecular flexibility index (Phi) is 5.58. The zero-order valence-electron chi connectivity index (χ0n) is 18.0. The van der Waals surface area contributed by atoms with Gasteiger partial charge in [0.25, 0.3) is 11.8 Å². The summed E-state index contributed by atoms with van der Waals surface area (Å²) in [7, 11) is 0. The van der Waals surface area contributed by atoms with E-state index in [1.807, 2.05) is 24.8 Å². The fourth-order valence-corrected chi connectivity index (χ4v) is 4.03. The molecule has 1 aromatic carbocycles. The topological polar surface area (TPSA) is 98.7 Å². The van der Waals surface area contributed by atoms with Gasteiger partial charge >= 0.3 is 0 Å². The number of anilines is 2. The number of aromatic nitrogens is 2. The average Bonchev–Trinajstić information content (AvgIpc) is 3.03. The van der Waals surface area contributed by atoms with Gasteiger partial charge in [-0.05, 0) is 32.9 Å². The van der Waals surface area contributed by atoms with Gasteiger partial charge in [0.1, 0.15) is 11.9 Å². The summed E-state index contributed by atoms with van der Waals surface area (Å²) in [4.78, 5) is 52.4. The molecule has 1 fully saturated rings. The first-order valence-corrected chi connectivity index (χ1v) is 10.5. The van der Waals surface area contributed by atoms with Crippen LogP contribution in [0.1, 0.15) is 40.3 Å². The summed E-state index contributed by atoms with van der Waals surface area (Å²) in [6.45, 7) is 8.43. The van der Waals surface area contributed by atoms with Crippen molar-refractivity contribution >= 4 is 29.5 Å². The van der Waals surface area contributed by atoms with E-state index in [4.69, 9.17) is 0 Å². The van der Waals surface area contributed by atoms with Crippen LogP contribution in [0.4, 0.5) is 11.8 Å². The molecule has 0 radical (unpaired) electrons. The number of fused-ring (bicyclic) bond motifs is 1. The summed E-state index contributed by atoms with van der Waals surface area (Å²) in [6, 6.07) is 7.72. The van der Waals surface area contributed by atoms with E-state index >= 15 is 0 Å². The molecule has 2 aromatic rings. The summed E-state index contributed by atoms with van der Waals surface area (Å²) in [5, 5.41) is 3.21. The molecule has 0 saturated carbocycles. The van der Waals surface area contributed by atoms with Crippen LogP contribution in [0.25, 0.3) is 0 Å². The molecule has 0 spiro atoms. The van der Waals surface area contributed by atoms with Gasteiger partial charge in [-0.1, -0.05) is 12.1 Å². The van der Waals surface area contributed by atoms with E-state index in [1.54, 1.807) is 36.1 Å².